The summed E-state index contributed by atoms with van der Waals surface area (Å²) in [7, 11) is 0. The molecule has 0 aliphatic carbocycles. The molecule has 1 aromatic rings. The molecule has 0 radical (unpaired) electrons. The lowest BCUT2D eigenvalue weighted by Crippen LogP contribution is -2.07. The van der Waals surface area contributed by atoms with Gasteiger partial charge in [0.05, 0.1) is 0 Å². The van der Waals surface area contributed by atoms with E-state index in [0.717, 1.165) is 18.4 Å². The maximum absolute atomic E-state index is 11.4. The number of carbonyl (C=O) groups is 1. The minimum absolute atomic E-state index is 0.239. The molecule has 114 valence electrons. The van der Waals surface area contributed by atoms with Gasteiger partial charge in [0.1, 0.15) is 13.2 Å². The van der Waals surface area contributed by atoms with Crippen LogP contribution in [0.1, 0.15) is 39.2 Å². The molecule has 3 nitrogen and oxygen atoms in total. The zero-order valence-corrected chi connectivity index (χ0v) is 13.1. The van der Waals surface area contributed by atoms with Gasteiger partial charge in [0.2, 0.25) is 0 Å². The van der Waals surface area contributed by atoms with Crippen molar-refractivity contribution in [1.29, 1.82) is 0 Å². The van der Waals surface area contributed by atoms with E-state index in [1.807, 2.05) is 43.3 Å². The first-order chi connectivity index (χ1) is 10.1. The second kappa shape index (κ2) is 9.81. The molecule has 0 N–H and O–H groups in total. The fourth-order valence-corrected chi connectivity index (χ4v) is 1.70. The monoisotopic (exact) mass is 288 g/mol. The predicted molar refractivity (Wildman–Crippen MR) is 85.0 cm³/mol. The van der Waals surface area contributed by atoms with Crippen molar-refractivity contribution in [1.82, 2.24) is 0 Å². The number of ether oxygens (including phenoxy) is 2. The Morgan fingerprint density at radius 2 is 1.76 bits per heavy atom. The third kappa shape index (κ3) is 8.69. The average molecular weight is 288 g/mol. The van der Waals surface area contributed by atoms with E-state index in [-0.39, 0.29) is 13.2 Å². The van der Waals surface area contributed by atoms with Gasteiger partial charge >= 0.3 is 6.16 Å². The Morgan fingerprint density at radius 1 is 1.05 bits per heavy atom. The van der Waals surface area contributed by atoms with Gasteiger partial charge in [-0.3, -0.25) is 0 Å². The van der Waals surface area contributed by atoms with E-state index in [0.29, 0.717) is 0 Å². The quantitative estimate of drug-likeness (QED) is 0.521. The molecule has 21 heavy (non-hydrogen) atoms. The summed E-state index contributed by atoms with van der Waals surface area (Å²) in [6.07, 6.45) is 5.48. The average Bonchev–Trinajstić information content (AvgIpc) is 2.46. The van der Waals surface area contributed by atoms with Crippen LogP contribution < -0.4 is 0 Å². The van der Waals surface area contributed by atoms with Crippen molar-refractivity contribution in [3.8, 4) is 0 Å². The van der Waals surface area contributed by atoms with Gasteiger partial charge in [0.25, 0.3) is 0 Å². The molecule has 1 rings (SSSR count). The van der Waals surface area contributed by atoms with Gasteiger partial charge in [0.15, 0.2) is 0 Å². The van der Waals surface area contributed by atoms with Gasteiger partial charge in [-0.05, 0) is 45.3 Å². The number of hydrogen-bond acceptors (Lipinski definition) is 3. The summed E-state index contributed by atoms with van der Waals surface area (Å²) in [5.41, 5.74) is 3.48. The minimum Gasteiger partial charge on any atom is -0.430 e. The highest BCUT2D eigenvalue weighted by Gasteiger charge is 2.02. The van der Waals surface area contributed by atoms with Gasteiger partial charge in [-0.25, -0.2) is 4.79 Å². The summed E-state index contributed by atoms with van der Waals surface area (Å²) in [5, 5.41) is 0. The van der Waals surface area contributed by atoms with Crippen molar-refractivity contribution in [2.45, 2.75) is 40.2 Å². The van der Waals surface area contributed by atoms with Crippen molar-refractivity contribution >= 4 is 6.16 Å². The number of hydrogen-bond donors (Lipinski definition) is 0. The van der Waals surface area contributed by atoms with E-state index in [2.05, 4.69) is 19.9 Å². The van der Waals surface area contributed by atoms with Crippen molar-refractivity contribution < 1.29 is 14.3 Å². The van der Waals surface area contributed by atoms with Crippen LogP contribution >= 0.6 is 0 Å². The van der Waals surface area contributed by atoms with Gasteiger partial charge in [-0.15, -0.1) is 0 Å². The number of allylic oxidation sites excluding steroid dienone is 3. The second-order valence-electron chi connectivity index (χ2n) is 5.21. The molecule has 0 spiro atoms. The fourth-order valence-electron chi connectivity index (χ4n) is 1.70. The molecule has 0 heterocycles. The first-order valence-electron chi connectivity index (χ1n) is 7.20. The van der Waals surface area contributed by atoms with Crippen LogP contribution in [0.5, 0.6) is 0 Å². The van der Waals surface area contributed by atoms with Gasteiger partial charge in [0, 0.05) is 0 Å². The molecule has 0 saturated heterocycles. The van der Waals surface area contributed by atoms with Gasteiger partial charge < -0.3 is 9.47 Å². The summed E-state index contributed by atoms with van der Waals surface area (Å²) < 4.78 is 10.0. The fraction of sp³-hybridized carbons (Fsp3) is 0.389. The standard InChI is InChI=1S/C18H24O3/c1-15(2)8-7-9-16(3)12-13-20-18(19)21-14-17-10-5-4-6-11-17/h4-6,8,10-12H,7,9,13-14H2,1-3H3/b16-12-. The zero-order valence-electron chi connectivity index (χ0n) is 13.1. The Bertz CT molecular complexity index is 482. The van der Waals surface area contributed by atoms with Crippen LogP contribution in [0, 0.1) is 0 Å². The summed E-state index contributed by atoms with van der Waals surface area (Å²) in [6.45, 7) is 6.71. The van der Waals surface area contributed by atoms with Crippen molar-refractivity contribution in [3.63, 3.8) is 0 Å². The molecule has 0 bridgehead atoms. The van der Waals surface area contributed by atoms with Crippen LogP contribution in [-0.4, -0.2) is 12.8 Å². The van der Waals surface area contributed by atoms with E-state index in [4.69, 9.17) is 9.47 Å². The van der Waals surface area contributed by atoms with Gasteiger partial charge in [-0.1, -0.05) is 47.6 Å². The molecule has 3 heteroatoms. The normalized spacial score (nSPS) is 10.9. The van der Waals surface area contributed by atoms with E-state index in [1.54, 1.807) is 0 Å². The number of benzene rings is 1. The molecule has 1 aromatic carbocycles. The Hall–Kier alpha value is -2.03. The summed E-state index contributed by atoms with van der Waals surface area (Å²) in [5.74, 6) is 0. The minimum atomic E-state index is -0.632. The van der Waals surface area contributed by atoms with E-state index in [1.165, 1.54) is 11.1 Å². The molecular formula is C18H24O3. The van der Waals surface area contributed by atoms with E-state index < -0.39 is 6.16 Å². The number of rotatable bonds is 7. The molecule has 0 amide bonds. The van der Waals surface area contributed by atoms with Gasteiger partial charge in [-0.2, -0.15) is 0 Å². The van der Waals surface area contributed by atoms with Crippen molar-refractivity contribution in [2.24, 2.45) is 0 Å². The molecule has 0 fully saturated rings. The first kappa shape index (κ1) is 17.0. The van der Waals surface area contributed by atoms with Crippen LogP contribution in [0.25, 0.3) is 0 Å². The Morgan fingerprint density at radius 3 is 2.43 bits per heavy atom. The molecule has 0 aliphatic heterocycles. The summed E-state index contributed by atoms with van der Waals surface area (Å²) in [4.78, 5) is 11.4. The number of carbonyl (C=O) groups excluding carboxylic acids is 1. The van der Waals surface area contributed by atoms with Crippen molar-refractivity contribution in [2.75, 3.05) is 6.61 Å². The third-order valence-corrected chi connectivity index (χ3v) is 2.92. The Kier molecular flexibility index (Phi) is 7.95. The largest absolute Gasteiger partial charge is 0.508 e. The topological polar surface area (TPSA) is 35.5 Å². The highest BCUT2D eigenvalue weighted by molar-refractivity contribution is 5.60. The third-order valence-electron chi connectivity index (χ3n) is 2.92. The molecule has 0 atom stereocenters. The smallest absolute Gasteiger partial charge is 0.430 e. The zero-order chi connectivity index (χ0) is 15.5. The van der Waals surface area contributed by atoms with Crippen molar-refractivity contribution in [3.05, 3.63) is 59.2 Å². The van der Waals surface area contributed by atoms with E-state index in [9.17, 15) is 4.79 Å². The summed E-state index contributed by atoms with van der Waals surface area (Å²) in [6, 6.07) is 9.54. The lowest BCUT2D eigenvalue weighted by Gasteiger charge is -2.05. The predicted octanol–water partition coefficient (Wildman–Crippen LogP) is 5.03. The highest BCUT2D eigenvalue weighted by Crippen LogP contribution is 2.07. The molecule has 0 aliphatic rings. The van der Waals surface area contributed by atoms with Crippen LogP contribution in [0.2, 0.25) is 0 Å². The lowest BCUT2D eigenvalue weighted by atomic mass is 10.1. The SMILES string of the molecule is CC(C)=CCC/C(C)=C\COC(=O)OCc1ccccc1. The molecule has 0 saturated carbocycles. The first-order valence-corrected chi connectivity index (χ1v) is 7.20. The Labute approximate surface area is 127 Å². The molecule has 0 unspecified atom stereocenters. The van der Waals surface area contributed by atoms with Crippen LogP contribution in [0.4, 0.5) is 4.79 Å². The highest BCUT2D eigenvalue weighted by atomic mass is 16.7. The molecule has 0 aromatic heterocycles. The van der Waals surface area contributed by atoms with E-state index >= 15 is 0 Å². The summed E-state index contributed by atoms with van der Waals surface area (Å²) >= 11 is 0. The van der Waals surface area contributed by atoms with Crippen LogP contribution in [0.15, 0.2) is 53.6 Å². The van der Waals surface area contributed by atoms with Crippen LogP contribution in [0.3, 0.4) is 0 Å². The van der Waals surface area contributed by atoms with Crippen LogP contribution in [-0.2, 0) is 16.1 Å². The second-order valence-corrected chi connectivity index (χ2v) is 5.21. The lowest BCUT2D eigenvalue weighted by molar-refractivity contribution is 0.0575. The maximum Gasteiger partial charge on any atom is 0.508 e. The Balaban J connectivity index is 2.19. The molecular weight excluding hydrogens is 264 g/mol. The maximum atomic E-state index is 11.4.